The maximum Gasteiger partial charge on any atom is 0.261 e. The van der Waals surface area contributed by atoms with Crippen LogP contribution >= 0.6 is 0 Å². The molecule has 3 aromatic rings. The summed E-state index contributed by atoms with van der Waals surface area (Å²) in [6.07, 6.45) is 3.03. The third kappa shape index (κ3) is 4.03. The molecule has 0 saturated carbocycles. The molecular weight excluding hydrogens is 354 g/mol. The Hall–Kier alpha value is -3.07. The molecule has 0 unspecified atom stereocenters. The van der Waals surface area contributed by atoms with Crippen LogP contribution in [0.25, 0.3) is 11.0 Å². The van der Waals surface area contributed by atoms with Gasteiger partial charge in [-0.3, -0.25) is 9.89 Å². The van der Waals surface area contributed by atoms with Crippen molar-refractivity contribution in [2.45, 2.75) is 12.8 Å². The molecule has 1 amide bonds. The van der Waals surface area contributed by atoms with E-state index in [-0.39, 0.29) is 5.69 Å². The summed E-state index contributed by atoms with van der Waals surface area (Å²) in [7, 11) is 3.99. The number of anilines is 2. The van der Waals surface area contributed by atoms with Gasteiger partial charge < -0.3 is 16.0 Å². The summed E-state index contributed by atoms with van der Waals surface area (Å²) in [5.41, 5.74) is 6.10. The van der Waals surface area contributed by atoms with Crippen LogP contribution in [0.2, 0.25) is 0 Å². The van der Waals surface area contributed by atoms with Gasteiger partial charge >= 0.3 is 0 Å². The van der Waals surface area contributed by atoms with Crippen LogP contribution in [0.15, 0.2) is 24.4 Å². The highest BCUT2D eigenvalue weighted by Crippen LogP contribution is 2.22. The largest absolute Gasteiger partial charge is 0.396 e. The highest BCUT2D eigenvalue weighted by Gasteiger charge is 2.20. The topological polar surface area (TPSA) is 99.9 Å². The number of nitrogens with two attached hydrogens (primary N) is 1. The molecule has 0 aliphatic rings. The minimum Gasteiger partial charge on any atom is -0.396 e. The number of nitrogens with one attached hydrogen (secondary N) is 2. The van der Waals surface area contributed by atoms with Crippen LogP contribution in [-0.4, -0.2) is 46.6 Å². The zero-order valence-electron chi connectivity index (χ0n) is 15.0. The van der Waals surface area contributed by atoms with E-state index in [4.69, 9.17) is 5.73 Å². The van der Waals surface area contributed by atoms with Crippen LogP contribution in [0.5, 0.6) is 0 Å². The number of nitrogens with zero attached hydrogens (tertiary/aromatic N) is 3. The van der Waals surface area contributed by atoms with Crippen LogP contribution < -0.4 is 11.1 Å². The number of pyridine rings is 1. The summed E-state index contributed by atoms with van der Waals surface area (Å²) >= 11 is 0. The molecular formula is C18H20F2N6O. The summed E-state index contributed by atoms with van der Waals surface area (Å²) in [5.74, 6) is -3.01. The predicted octanol–water partition coefficient (Wildman–Crippen LogP) is 2.56. The van der Waals surface area contributed by atoms with E-state index >= 15 is 0 Å². The molecule has 4 N–H and O–H groups in total. The standard InChI is InChI=1S/C18H20F2N6O/c1-26(2)7-3-4-14-11-8-10(9-22-17(11)25-24-14)23-18(27)15-12(19)5-6-13(21)16(15)20/h5-6,8-9H,3-4,7,21H2,1-2H3,(H,23,27)(H,22,24,25). The van der Waals surface area contributed by atoms with Crippen molar-refractivity contribution < 1.29 is 13.6 Å². The fraction of sp³-hybridized carbons (Fsp3) is 0.278. The van der Waals surface area contributed by atoms with Crippen LogP contribution in [0, 0.1) is 11.6 Å². The van der Waals surface area contributed by atoms with E-state index in [0.717, 1.165) is 42.6 Å². The number of hydrogen-bond donors (Lipinski definition) is 3. The molecule has 1 aromatic carbocycles. The predicted molar refractivity (Wildman–Crippen MR) is 99.5 cm³/mol. The van der Waals surface area contributed by atoms with Gasteiger partial charge in [-0.2, -0.15) is 5.10 Å². The van der Waals surface area contributed by atoms with Gasteiger partial charge in [0.15, 0.2) is 11.5 Å². The number of aromatic amines is 1. The van der Waals surface area contributed by atoms with Gasteiger partial charge in [0.05, 0.1) is 23.3 Å². The molecule has 0 spiro atoms. The van der Waals surface area contributed by atoms with E-state index in [0.29, 0.717) is 11.3 Å². The Morgan fingerprint density at radius 3 is 2.85 bits per heavy atom. The number of carbonyl (C=O) groups excluding carboxylic acids is 1. The van der Waals surface area contributed by atoms with Gasteiger partial charge in [-0.1, -0.05) is 0 Å². The monoisotopic (exact) mass is 374 g/mol. The number of aromatic nitrogens is 3. The highest BCUT2D eigenvalue weighted by molar-refractivity contribution is 6.05. The summed E-state index contributed by atoms with van der Waals surface area (Å²) in [5, 5.41) is 10.3. The van der Waals surface area contributed by atoms with E-state index in [1.807, 2.05) is 14.1 Å². The minimum atomic E-state index is -1.09. The van der Waals surface area contributed by atoms with Crippen molar-refractivity contribution in [1.29, 1.82) is 0 Å². The second kappa shape index (κ2) is 7.67. The minimum absolute atomic E-state index is 0.298. The SMILES string of the molecule is CN(C)CCCc1n[nH]c2ncc(NC(=O)c3c(F)ccc(N)c3F)cc12. The fourth-order valence-electron chi connectivity index (χ4n) is 2.75. The third-order valence-corrected chi connectivity index (χ3v) is 4.12. The van der Waals surface area contributed by atoms with Gasteiger partial charge in [-0.15, -0.1) is 0 Å². The molecule has 7 nitrogen and oxygen atoms in total. The van der Waals surface area contributed by atoms with E-state index in [1.54, 1.807) is 6.07 Å². The number of nitrogen functional groups attached to an aromatic ring is 1. The average Bonchev–Trinajstić information content (AvgIpc) is 3.01. The Morgan fingerprint density at radius 1 is 1.33 bits per heavy atom. The van der Waals surface area contributed by atoms with Gasteiger partial charge in [0.25, 0.3) is 5.91 Å². The number of fused-ring (bicyclic) bond motifs is 1. The first-order valence-electron chi connectivity index (χ1n) is 8.39. The van der Waals surface area contributed by atoms with Crippen molar-refractivity contribution in [2.24, 2.45) is 0 Å². The lowest BCUT2D eigenvalue weighted by Gasteiger charge is -2.09. The summed E-state index contributed by atoms with van der Waals surface area (Å²) in [6.45, 7) is 0.909. The van der Waals surface area contributed by atoms with Gasteiger partial charge in [-0.05, 0) is 51.7 Å². The summed E-state index contributed by atoms with van der Waals surface area (Å²) in [6, 6.07) is 3.70. The lowest BCUT2D eigenvalue weighted by Crippen LogP contribution is -2.17. The van der Waals surface area contributed by atoms with Gasteiger partial charge in [-0.25, -0.2) is 13.8 Å². The lowest BCUT2D eigenvalue weighted by molar-refractivity contribution is 0.101. The lowest BCUT2D eigenvalue weighted by atomic mass is 10.1. The van der Waals surface area contributed by atoms with Gasteiger partial charge in [0, 0.05) is 5.39 Å². The molecule has 142 valence electrons. The molecule has 27 heavy (non-hydrogen) atoms. The van der Waals surface area contributed by atoms with E-state index in [2.05, 4.69) is 25.4 Å². The van der Waals surface area contributed by atoms with E-state index in [1.165, 1.54) is 6.20 Å². The van der Waals surface area contributed by atoms with Crippen LogP contribution in [0.3, 0.4) is 0 Å². The maximum absolute atomic E-state index is 14.0. The van der Waals surface area contributed by atoms with Crippen molar-refractivity contribution in [3.05, 3.63) is 47.3 Å². The van der Waals surface area contributed by atoms with Crippen molar-refractivity contribution in [3.8, 4) is 0 Å². The number of carbonyl (C=O) groups is 1. The quantitative estimate of drug-likeness (QED) is 0.576. The molecule has 0 fully saturated rings. The number of benzene rings is 1. The van der Waals surface area contributed by atoms with Crippen molar-refractivity contribution >= 4 is 28.3 Å². The molecule has 0 bridgehead atoms. The Bertz CT molecular complexity index is 985. The van der Waals surface area contributed by atoms with Gasteiger partial charge in [0.1, 0.15) is 11.4 Å². The third-order valence-electron chi connectivity index (χ3n) is 4.12. The van der Waals surface area contributed by atoms with E-state index < -0.39 is 23.1 Å². The Labute approximate surface area is 154 Å². The van der Waals surface area contributed by atoms with Gasteiger partial charge in [0.2, 0.25) is 0 Å². The molecule has 0 radical (unpaired) electrons. The molecule has 0 saturated heterocycles. The first-order chi connectivity index (χ1) is 12.9. The second-order valence-corrected chi connectivity index (χ2v) is 6.48. The maximum atomic E-state index is 14.0. The average molecular weight is 374 g/mol. The number of amides is 1. The van der Waals surface area contributed by atoms with Crippen LogP contribution in [0.1, 0.15) is 22.5 Å². The first-order valence-corrected chi connectivity index (χ1v) is 8.39. The zero-order chi connectivity index (χ0) is 19.6. The zero-order valence-corrected chi connectivity index (χ0v) is 15.0. The fourth-order valence-corrected chi connectivity index (χ4v) is 2.75. The molecule has 0 atom stereocenters. The molecule has 3 rings (SSSR count). The van der Waals surface area contributed by atoms with Crippen molar-refractivity contribution in [2.75, 3.05) is 31.7 Å². The summed E-state index contributed by atoms with van der Waals surface area (Å²) in [4.78, 5) is 18.6. The number of H-pyrrole nitrogens is 1. The van der Waals surface area contributed by atoms with Crippen molar-refractivity contribution in [3.63, 3.8) is 0 Å². The van der Waals surface area contributed by atoms with Crippen LogP contribution in [0.4, 0.5) is 20.2 Å². The normalized spacial score (nSPS) is 11.3. The second-order valence-electron chi connectivity index (χ2n) is 6.48. The Balaban J connectivity index is 1.83. The van der Waals surface area contributed by atoms with Crippen molar-refractivity contribution in [1.82, 2.24) is 20.1 Å². The molecule has 0 aliphatic carbocycles. The Morgan fingerprint density at radius 2 is 2.11 bits per heavy atom. The smallest absolute Gasteiger partial charge is 0.261 e. The highest BCUT2D eigenvalue weighted by atomic mass is 19.1. The Kier molecular flexibility index (Phi) is 5.31. The molecule has 2 heterocycles. The number of halogens is 2. The number of rotatable bonds is 6. The number of aryl methyl sites for hydroxylation is 1. The molecule has 0 aliphatic heterocycles. The van der Waals surface area contributed by atoms with E-state index in [9.17, 15) is 13.6 Å². The first kappa shape index (κ1) is 18.7. The number of hydrogen-bond acceptors (Lipinski definition) is 5. The van der Waals surface area contributed by atoms with Crippen LogP contribution in [-0.2, 0) is 6.42 Å². The summed E-state index contributed by atoms with van der Waals surface area (Å²) < 4.78 is 27.9. The molecule has 9 heteroatoms. The molecule has 2 aromatic heterocycles.